The van der Waals surface area contributed by atoms with Crippen LogP contribution in [-0.4, -0.2) is 52.6 Å². The molecule has 2 aliphatic rings. The van der Waals surface area contributed by atoms with Crippen LogP contribution in [0.4, 0.5) is 0 Å². The number of ether oxygens (including phenoxy) is 1. The second-order valence-electron chi connectivity index (χ2n) is 11.8. The molecule has 3 heterocycles. The van der Waals surface area contributed by atoms with Crippen LogP contribution in [0.1, 0.15) is 67.7 Å². The Morgan fingerprint density at radius 2 is 1.73 bits per heavy atom. The van der Waals surface area contributed by atoms with Crippen molar-refractivity contribution in [3.8, 4) is 33.3 Å². The fourth-order valence-corrected chi connectivity index (χ4v) is 6.58. The molecule has 8 heteroatoms. The summed E-state index contributed by atoms with van der Waals surface area (Å²) in [6.07, 6.45) is 6.07. The van der Waals surface area contributed by atoms with E-state index >= 15 is 0 Å². The summed E-state index contributed by atoms with van der Waals surface area (Å²) in [6, 6.07) is 16.0. The van der Waals surface area contributed by atoms with Gasteiger partial charge in [-0.05, 0) is 87.1 Å². The van der Waals surface area contributed by atoms with Crippen LogP contribution in [0.25, 0.3) is 33.6 Å². The van der Waals surface area contributed by atoms with Crippen molar-refractivity contribution in [1.82, 2.24) is 19.8 Å². The lowest BCUT2D eigenvalue weighted by molar-refractivity contribution is 0.0735. The molecule has 1 saturated heterocycles. The van der Waals surface area contributed by atoms with E-state index < -0.39 is 0 Å². The highest BCUT2D eigenvalue weighted by Crippen LogP contribution is 2.33. The molecule has 44 heavy (non-hydrogen) atoms. The third-order valence-electron chi connectivity index (χ3n) is 8.20. The summed E-state index contributed by atoms with van der Waals surface area (Å²) in [5.74, 6) is 0.797. The van der Waals surface area contributed by atoms with Gasteiger partial charge in [0.1, 0.15) is 10.8 Å². The van der Waals surface area contributed by atoms with E-state index in [1.165, 1.54) is 11.3 Å². The monoisotopic (exact) mass is 608 g/mol. The Hall–Kier alpha value is -4.01. The van der Waals surface area contributed by atoms with Crippen LogP contribution in [0.3, 0.4) is 0 Å². The number of thiazole rings is 1. The largest absolute Gasteiger partial charge is 0.490 e. The van der Waals surface area contributed by atoms with E-state index in [1.807, 2.05) is 54.5 Å². The molecule has 0 bridgehead atoms. The van der Waals surface area contributed by atoms with Crippen LogP contribution in [0, 0.1) is 0 Å². The van der Waals surface area contributed by atoms with E-state index in [2.05, 4.69) is 37.4 Å². The second kappa shape index (κ2) is 12.9. The van der Waals surface area contributed by atoms with Crippen LogP contribution in [-0.2, 0) is 12.8 Å². The van der Waals surface area contributed by atoms with E-state index in [-0.39, 0.29) is 11.5 Å². The molecular formula is C36H40N4O3S. The quantitative estimate of drug-likeness (QED) is 0.227. The molecular weight excluding hydrogens is 568 g/mol. The van der Waals surface area contributed by atoms with Crippen molar-refractivity contribution in [3.63, 3.8) is 0 Å². The maximum Gasteiger partial charge on any atom is 0.265 e. The Kier molecular flexibility index (Phi) is 8.82. The zero-order chi connectivity index (χ0) is 30.8. The van der Waals surface area contributed by atoms with Gasteiger partial charge < -0.3 is 15.0 Å². The molecule has 6 rings (SSSR count). The summed E-state index contributed by atoms with van der Waals surface area (Å²) < 4.78 is 7.71. The minimum absolute atomic E-state index is 0.0657. The number of benzene rings is 2. The molecule has 0 unspecified atom stereocenters. The number of allylic oxidation sites excluding steroid dienone is 1. The van der Waals surface area contributed by atoms with Gasteiger partial charge in [0.15, 0.2) is 0 Å². The minimum atomic E-state index is -0.168. The van der Waals surface area contributed by atoms with Gasteiger partial charge in [0, 0.05) is 37.1 Å². The Labute approximate surface area is 263 Å². The van der Waals surface area contributed by atoms with E-state index in [4.69, 9.17) is 9.72 Å². The number of para-hydroxylation sites is 1. The van der Waals surface area contributed by atoms with Crippen LogP contribution >= 0.6 is 11.3 Å². The fourth-order valence-electron chi connectivity index (χ4n) is 5.75. The number of nitrogens with one attached hydrogen (secondary N) is 1. The van der Waals surface area contributed by atoms with Gasteiger partial charge in [-0.2, -0.15) is 0 Å². The third-order valence-corrected chi connectivity index (χ3v) is 9.07. The lowest BCUT2D eigenvalue weighted by atomic mass is 9.99. The van der Waals surface area contributed by atoms with Crippen LogP contribution < -0.4 is 15.6 Å². The van der Waals surface area contributed by atoms with E-state index in [9.17, 15) is 9.59 Å². The van der Waals surface area contributed by atoms with Crippen molar-refractivity contribution in [2.24, 2.45) is 0 Å². The van der Waals surface area contributed by atoms with Crippen molar-refractivity contribution in [2.45, 2.75) is 59.5 Å². The number of hydrogen-bond donors (Lipinski definition) is 1. The zero-order valence-electron chi connectivity index (χ0n) is 26.0. The number of piperazine rings is 1. The van der Waals surface area contributed by atoms with Gasteiger partial charge in [0.05, 0.1) is 34.3 Å². The number of carbonyl (C=O) groups is 1. The van der Waals surface area contributed by atoms with Crippen molar-refractivity contribution in [1.29, 1.82) is 0 Å². The van der Waals surface area contributed by atoms with Crippen LogP contribution in [0.15, 0.2) is 64.3 Å². The Morgan fingerprint density at radius 3 is 2.34 bits per heavy atom. The summed E-state index contributed by atoms with van der Waals surface area (Å²) in [4.78, 5) is 35.8. The highest BCUT2D eigenvalue weighted by molar-refractivity contribution is 7.13. The average molecular weight is 609 g/mol. The molecule has 1 N–H and O–H groups in total. The molecule has 4 aromatic rings. The highest BCUT2D eigenvalue weighted by Gasteiger charge is 2.28. The van der Waals surface area contributed by atoms with Crippen LogP contribution in [0.2, 0.25) is 0 Å². The Bertz CT molecular complexity index is 1730. The number of amides is 1. The first-order valence-corrected chi connectivity index (χ1v) is 16.5. The van der Waals surface area contributed by atoms with Crippen molar-refractivity contribution < 1.29 is 9.53 Å². The number of aryl methyl sites for hydroxylation is 2. The summed E-state index contributed by atoms with van der Waals surface area (Å²) in [5.41, 5.74) is 7.19. The number of aromatic nitrogens is 2. The Morgan fingerprint density at radius 1 is 1.05 bits per heavy atom. The molecule has 1 saturated carbocycles. The molecule has 7 nitrogen and oxygen atoms in total. The predicted molar refractivity (Wildman–Crippen MR) is 179 cm³/mol. The van der Waals surface area contributed by atoms with Gasteiger partial charge in [-0.3, -0.25) is 14.2 Å². The molecule has 228 valence electrons. The van der Waals surface area contributed by atoms with Crippen molar-refractivity contribution in [2.75, 3.05) is 26.2 Å². The molecule has 1 amide bonds. The summed E-state index contributed by atoms with van der Waals surface area (Å²) in [5, 5.41) is 5.92. The highest BCUT2D eigenvalue weighted by atomic mass is 32.1. The van der Waals surface area contributed by atoms with Gasteiger partial charge >= 0.3 is 0 Å². The number of hydrogen-bond acceptors (Lipinski definition) is 6. The third kappa shape index (κ3) is 6.14. The molecule has 2 fully saturated rings. The minimum Gasteiger partial charge on any atom is -0.490 e. The Balaban J connectivity index is 1.55. The number of rotatable bonds is 9. The fraction of sp³-hybridized carbons (Fsp3) is 0.361. The molecule has 1 aliphatic carbocycles. The molecule has 0 atom stereocenters. The van der Waals surface area contributed by atoms with E-state index in [1.54, 1.807) is 10.6 Å². The van der Waals surface area contributed by atoms with Gasteiger partial charge in [-0.15, -0.1) is 11.3 Å². The van der Waals surface area contributed by atoms with E-state index in [0.717, 1.165) is 78.2 Å². The standard InChI is InChI=1S/C36H40N4O3S/c1-5-24-8-7-9-25(6-2)33(24)40-32(20-23(3)4)29(35(41)39-18-16-37-17-19-39)21-30(36(40)42)34-38-31(22-44-34)26-10-12-27(13-11-26)43-28-14-15-28/h7-13,20-22,28,37H,5-6,14-19H2,1-4H3. The summed E-state index contributed by atoms with van der Waals surface area (Å²) in [7, 11) is 0. The van der Waals surface area contributed by atoms with Gasteiger partial charge in [-0.1, -0.05) is 37.6 Å². The molecule has 2 aromatic heterocycles. The smallest absolute Gasteiger partial charge is 0.265 e. The van der Waals surface area contributed by atoms with Crippen molar-refractivity contribution in [3.05, 3.63) is 92.2 Å². The lowest BCUT2D eigenvalue weighted by Crippen LogP contribution is -2.47. The number of pyridine rings is 1. The zero-order valence-corrected chi connectivity index (χ0v) is 26.8. The topological polar surface area (TPSA) is 76.5 Å². The molecule has 2 aromatic carbocycles. The van der Waals surface area contributed by atoms with Crippen molar-refractivity contribution >= 4 is 23.3 Å². The second-order valence-corrected chi connectivity index (χ2v) is 12.6. The first kappa shape index (κ1) is 30.0. The lowest BCUT2D eigenvalue weighted by Gasteiger charge is -2.29. The maximum atomic E-state index is 14.7. The summed E-state index contributed by atoms with van der Waals surface area (Å²) in [6.45, 7) is 10.9. The summed E-state index contributed by atoms with van der Waals surface area (Å²) >= 11 is 1.43. The molecule has 1 aliphatic heterocycles. The first-order valence-electron chi connectivity index (χ1n) is 15.7. The van der Waals surface area contributed by atoms with Gasteiger partial charge in [0.2, 0.25) is 0 Å². The number of carbonyl (C=O) groups excluding carboxylic acids is 1. The molecule has 0 spiro atoms. The normalized spacial score (nSPS) is 14.9. The maximum absolute atomic E-state index is 14.7. The SMILES string of the molecule is CCc1cccc(CC)c1-n1c(C=C(C)C)c(C(=O)N2CCNCC2)cc(-c2nc(-c3ccc(OC4CC4)cc3)cs2)c1=O. The average Bonchev–Trinajstić information content (AvgIpc) is 3.73. The van der Waals surface area contributed by atoms with Gasteiger partial charge in [0.25, 0.3) is 11.5 Å². The number of nitrogens with zero attached hydrogens (tertiary/aromatic N) is 3. The first-order chi connectivity index (χ1) is 21.4. The van der Waals surface area contributed by atoms with Crippen LogP contribution in [0.5, 0.6) is 5.75 Å². The van der Waals surface area contributed by atoms with E-state index in [0.29, 0.717) is 41.0 Å². The molecule has 0 radical (unpaired) electrons. The predicted octanol–water partition coefficient (Wildman–Crippen LogP) is 6.76. The van der Waals surface area contributed by atoms with Gasteiger partial charge in [-0.25, -0.2) is 4.98 Å².